The fourth-order valence-electron chi connectivity index (χ4n) is 1.66. The van der Waals surface area contributed by atoms with E-state index in [1.54, 1.807) is 24.5 Å². The minimum Gasteiger partial charge on any atom is -0.495 e. The first-order valence-electron chi connectivity index (χ1n) is 5.53. The van der Waals surface area contributed by atoms with Gasteiger partial charge in [-0.05, 0) is 23.8 Å². The highest BCUT2D eigenvalue weighted by Crippen LogP contribution is 2.24. The number of nitrogens with zero attached hydrogens (tertiary/aromatic N) is 1. The summed E-state index contributed by atoms with van der Waals surface area (Å²) in [6.07, 6.45) is 3.15. The number of hydrogen-bond donors (Lipinski definition) is 0. The van der Waals surface area contributed by atoms with Crippen molar-refractivity contribution in [2.75, 3.05) is 14.2 Å². The van der Waals surface area contributed by atoms with E-state index in [9.17, 15) is 9.18 Å². The highest BCUT2D eigenvalue weighted by atomic mass is 19.1. The van der Waals surface area contributed by atoms with Gasteiger partial charge in [-0.15, -0.1) is 0 Å². The van der Waals surface area contributed by atoms with Crippen LogP contribution in [0, 0.1) is 5.82 Å². The summed E-state index contributed by atoms with van der Waals surface area (Å²) in [5, 5.41) is 0. The third kappa shape index (κ3) is 2.70. The molecule has 0 aliphatic rings. The van der Waals surface area contributed by atoms with Gasteiger partial charge in [0.15, 0.2) is 0 Å². The van der Waals surface area contributed by atoms with Crippen molar-refractivity contribution in [3.05, 3.63) is 48.0 Å². The van der Waals surface area contributed by atoms with Crippen molar-refractivity contribution >= 4 is 5.97 Å². The fourth-order valence-corrected chi connectivity index (χ4v) is 1.66. The van der Waals surface area contributed by atoms with Gasteiger partial charge in [0.2, 0.25) is 0 Å². The molecule has 0 aliphatic carbocycles. The summed E-state index contributed by atoms with van der Waals surface area (Å²) in [5.74, 6) is -0.755. The number of rotatable bonds is 3. The first kappa shape index (κ1) is 13.0. The van der Waals surface area contributed by atoms with E-state index in [0.717, 1.165) is 0 Å². The summed E-state index contributed by atoms with van der Waals surface area (Å²) in [4.78, 5) is 15.3. The Labute approximate surface area is 109 Å². The Bertz CT molecular complexity index is 613. The molecule has 0 unspecified atom stereocenters. The van der Waals surface area contributed by atoms with E-state index in [0.29, 0.717) is 16.9 Å². The zero-order valence-corrected chi connectivity index (χ0v) is 10.5. The Hall–Kier alpha value is -2.43. The van der Waals surface area contributed by atoms with Gasteiger partial charge in [-0.1, -0.05) is 6.07 Å². The molecule has 0 amide bonds. The van der Waals surface area contributed by atoms with E-state index >= 15 is 0 Å². The molecule has 5 heteroatoms. The van der Waals surface area contributed by atoms with Crippen LogP contribution in [0.5, 0.6) is 5.75 Å². The molecule has 19 heavy (non-hydrogen) atoms. The summed E-state index contributed by atoms with van der Waals surface area (Å²) in [7, 11) is 2.74. The van der Waals surface area contributed by atoms with E-state index in [1.807, 2.05) is 0 Å². The zero-order chi connectivity index (χ0) is 13.8. The molecular formula is C14H12FNO3. The Morgan fingerprint density at radius 2 is 1.95 bits per heavy atom. The van der Waals surface area contributed by atoms with Crippen molar-refractivity contribution in [3.63, 3.8) is 0 Å². The number of carbonyl (C=O) groups is 1. The molecule has 0 saturated carbocycles. The maximum atomic E-state index is 13.8. The third-order valence-corrected chi connectivity index (χ3v) is 2.66. The summed E-state index contributed by atoms with van der Waals surface area (Å²) >= 11 is 0. The number of esters is 1. The summed E-state index contributed by atoms with van der Waals surface area (Å²) in [6, 6.07) is 6.02. The number of benzene rings is 1. The predicted octanol–water partition coefficient (Wildman–Crippen LogP) is 2.68. The van der Waals surface area contributed by atoms with Crippen LogP contribution in [0.1, 0.15) is 10.4 Å². The molecule has 0 aliphatic heterocycles. The van der Waals surface area contributed by atoms with Gasteiger partial charge >= 0.3 is 5.97 Å². The molecule has 0 N–H and O–H groups in total. The number of ether oxygens (including phenoxy) is 2. The van der Waals surface area contributed by atoms with Crippen molar-refractivity contribution in [2.24, 2.45) is 0 Å². The topological polar surface area (TPSA) is 48.4 Å². The second-order valence-corrected chi connectivity index (χ2v) is 3.80. The predicted molar refractivity (Wildman–Crippen MR) is 67.5 cm³/mol. The van der Waals surface area contributed by atoms with E-state index in [2.05, 4.69) is 9.72 Å². The smallest absolute Gasteiger partial charge is 0.340 e. The van der Waals surface area contributed by atoms with Gasteiger partial charge in [-0.2, -0.15) is 0 Å². The van der Waals surface area contributed by atoms with Gasteiger partial charge in [0.25, 0.3) is 0 Å². The Balaban J connectivity index is 2.41. The van der Waals surface area contributed by atoms with E-state index in [1.165, 1.54) is 26.4 Å². The van der Waals surface area contributed by atoms with Crippen LogP contribution in [-0.2, 0) is 4.74 Å². The average molecular weight is 261 g/mol. The normalized spacial score (nSPS) is 10.1. The highest BCUT2D eigenvalue weighted by molar-refractivity contribution is 5.90. The molecule has 0 radical (unpaired) electrons. The van der Waals surface area contributed by atoms with Gasteiger partial charge < -0.3 is 9.47 Å². The van der Waals surface area contributed by atoms with Crippen LogP contribution < -0.4 is 4.74 Å². The molecule has 2 aromatic rings. The Morgan fingerprint density at radius 3 is 2.58 bits per heavy atom. The van der Waals surface area contributed by atoms with Crippen molar-refractivity contribution in [3.8, 4) is 16.9 Å². The minimum atomic E-state index is -0.701. The number of carbonyl (C=O) groups excluding carboxylic acids is 1. The quantitative estimate of drug-likeness (QED) is 0.797. The lowest BCUT2D eigenvalue weighted by atomic mass is 10.0. The molecule has 1 aromatic heterocycles. The maximum Gasteiger partial charge on any atom is 0.340 e. The van der Waals surface area contributed by atoms with Crippen molar-refractivity contribution in [1.29, 1.82) is 0 Å². The fraction of sp³-hybridized carbons (Fsp3) is 0.143. The molecule has 0 spiro atoms. The van der Waals surface area contributed by atoms with Crippen LogP contribution in [0.15, 0.2) is 36.7 Å². The van der Waals surface area contributed by atoms with E-state index < -0.39 is 11.8 Å². The molecule has 0 bridgehead atoms. The molecule has 0 atom stereocenters. The monoisotopic (exact) mass is 261 g/mol. The second-order valence-electron chi connectivity index (χ2n) is 3.80. The molecule has 98 valence electrons. The van der Waals surface area contributed by atoms with Crippen molar-refractivity contribution in [1.82, 2.24) is 4.98 Å². The Morgan fingerprint density at radius 1 is 1.16 bits per heavy atom. The number of methoxy groups -OCH3 is 2. The standard InChI is InChI=1S/C14H12FNO3/c1-18-11-5-10(7-16-8-11)9-3-4-12(13(15)6-9)14(17)19-2/h3-8H,1-2H3. The summed E-state index contributed by atoms with van der Waals surface area (Å²) in [5.41, 5.74) is 1.22. The number of pyridine rings is 1. The summed E-state index contributed by atoms with van der Waals surface area (Å²) < 4.78 is 23.3. The maximum absolute atomic E-state index is 13.8. The lowest BCUT2D eigenvalue weighted by Gasteiger charge is -2.06. The van der Waals surface area contributed by atoms with Gasteiger partial charge in [0, 0.05) is 11.8 Å². The van der Waals surface area contributed by atoms with Crippen LogP contribution in [0.3, 0.4) is 0 Å². The van der Waals surface area contributed by atoms with Gasteiger partial charge in [0.05, 0.1) is 26.0 Å². The molecule has 4 nitrogen and oxygen atoms in total. The van der Waals surface area contributed by atoms with Crippen molar-refractivity contribution < 1.29 is 18.7 Å². The molecule has 2 rings (SSSR count). The molecule has 0 fully saturated rings. The van der Waals surface area contributed by atoms with Crippen LogP contribution in [-0.4, -0.2) is 25.2 Å². The molecule has 0 saturated heterocycles. The van der Waals surface area contributed by atoms with Crippen LogP contribution in [0.25, 0.3) is 11.1 Å². The van der Waals surface area contributed by atoms with Gasteiger partial charge in [0.1, 0.15) is 11.6 Å². The summed E-state index contributed by atoms with van der Waals surface area (Å²) in [6.45, 7) is 0. The Kier molecular flexibility index (Phi) is 3.75. The SMILES string of the molecule is COC(=O)c1ccc(-c2cncc(OC)c2)cc1F. The zero-order valence-electron chi connectivity index (χ0n) is 10.5. The molecule has 1 aromatic carbocycles. The number of halogens is 1. The number of aromatic nitrogens is 1. The van der Waals surface area contributed by atoms with E-state index in [-0.39, 0.29) is 5.56 Å². The largest absolute Gasteiger partial charge is 0.495 e. The van der Waals surface area contributed by atoms with Gasteiger partial charge in [-0.25, -0.2) is 9.18 Å². The first-order valence-corrected chi connectivity index (χ1v) is 5.53. The lowest BCUT2D eigenvalue weighted by Crippen LogP contribution is -2.04. The van der Waals surface area contributed by atoms with E-state index in [4.69, 9.17) is 4.74 Å². The lowest BCUT2D eigenvalue weighted by molar-refractivity contribution is 0.0595. The average Bonchev–Trinajstić information content (AvgIpc) is 2.46. The minimum absolute atomic E-state index is 0.0953. The second kappa shape index (κ2) is 5.48. The first-order chi connectivity index (χ1) is 9.15. The van der Waals surface area contributed by atoms with Crippen molar-refractivity contribution in [2.45, 2.75) is 0 Å². The van der Waals surface area contributed by atoms with Crippen LogP contribution in [0.4, 0.5) is 4.39 Å². The molecule has 1 heterocycles. The number of hydrogen-bond acceptors (Lipinski definition) is 4. The third-order valence-electron chi connectivity index (χ3n) is 2.66. The highest BCUT2D eigenvalue weighted by Gasteiger charge is 2.13. The molecular weight excluding hydrogens is 249 g/mol. The van der Waals surface area contributed by atoms with Gasteiger partial charge in [-0.3, -0.25) is 4.98 Å². The van der Waals surface area contributed by atoms with Crippen LogP contribution >= 0.6 is 0 Å². The van der Waals surface area contributed by atoms with Crippen LogP contribution in [0.2, 0.25) is 0 Å².